The summed E-state index contributed by atoms with van der Waals surface area (Å²) in [5.41, 5.74) is -1.10. The number of H-pyrrole nitrogens is 1. The van der Waals surface area contributed by atoms with Gasteiger partial charge in [0.15, 0.2) is 10.1 Å². The number of benzene rings is 2. The molecule has 0 aliphatic rings. The number of halogens is 3. The average Bonchev–Trinajstić information content (AvgIpc) is 3.15. The van der Waals surface area contributed by atoms with Crippen molar-refractivity contribution < 1.29 is 30.8 Å². The predicted molar refractivity (Wildman–Crippen MR) is 116 cm³/mol. The first kappa shape index (κ1) is 23.6. The van der Waals surface area contributed by atoms with Crippen molar-refractivity contribution in [3.05, 3.63) is 66.5 Å². The molecule has 6 nitrogen and oxygen atoms in total. The summed E-state index contributed by atoms with van der Waals surface area (Å²) in [6, 6.07) is 19.1. The van der Waals surface area contributed by atoms with Crippen LogP contribution < -0.4 is 10.5 Å². The van der Waals surface area contributed by atoms with E-state index in [1.807, 2.05) is 4.68 Å². The lowest BCUT2D eigenvalue weighted by atomic mass is 10.0. The molecule has 10 heteroatoms. The Morgan fingerprint density at radius 3 is 2.28 bits per heavy atom. The minimum absolute atomic E-state index is 0.993. The zero-order valence-corrected chi connectivity index (χ0v) is 18.0. The summed E-state index contributed by atoms with van der Waals surface area (Å²) in [6.07, 6.45) is 5.37. The van der Waals surface area contributed by atoms with Crippen LogP contribution in [0, 0.1) is 0 Å². The highest BCUT2D eigenvalue weighted by atomic mass is 32.2. The van der Waals surface area contributed by atoms with E-state index < -0.39 is 15.6 Å². The third kappa shape index (κ3) is 4.86. The number of unbranched alkanes of at least 4 members (excludes halogenated alkanes) is 1. The molecular weight excluding hydrogens is 443 g/mol. The van der Waals surface area contributed by atoms with Crippen LogP contribution in [0.15, 0.2) is 60.8 Å². The van der Waals surface area contributed by atoms with Gasteiger partial charge in [-0.2, -0.15) is 13.2 Å². The van der Waals surface area contributed by atoms with E-state index in [1.165, 1.54) is 21.9 Å². The molecule has 3 N–H and O–H groups in total. The van der Waals surface area contributed by atoms with E-state index in [9.17, 15) is 13.2 Å². The maximum absolute atomic E-state index is 10.7. The first-order chi connectivity index (χ1) is 15.0. The fourth-order valence-electron chi connectivity index (χ4n) is 3.45. The Kier molecular flexibility index (Phi) is 6.75. The Bertz CT molecular complexity index is 1350. The molecule has 0 saturated heterocycles. The maximum atomic E-state index is 10.7. The molecule has 0 fully saturated rings. The molecule has 0 unspecified atom stereocenters. The molecule has 0 atom stereocenters. The quantitative estimate of drug-likeness (QED) is 0.202. The van der Waals surface area contributed by atoms with Gasteiger partial charge in [0.2, 0.25) is 5.69 Å². The number of hydrogen-bond acceptors (Lipinski definition) is 4. The molecule has 4 aromatic rings. The number of para-hydroxylation sites is 1. The molecule has 0 bridgehead atoms. The predicted octanol–water partition coefficient (Wildman–Crippen LogP) is 4.38. The molecule has 0 aliphatic carbocycles. The maximum Gasteiger partial charge on any atom is 0.485 e. The van der Waals surface area contributed by atoms with Crippen molar-refractivity contribution >= 4 is 31.8 Å². The summed E-state index contributed by atoms with van der Waals surface area (Å²) in [6.45, 7) is 2.21. The molecule has 0 saturated carbocycles. The second-order valence-electron chi connectivity index (χ2n) is 7.19. The molecule has 170 valence electrons. The Hall–Kier alpha value is -3.11. The fraction of sp³-hybridized carbons (Fsp3) is 0.227. The molecule has 0 aliphatic heterocycles. The van der Waals surface area contributed by atoms with Crippen LogP contribution in [-0.4, -0.2) is 23.5 Å². The van der Waals surface area contributed by atoms with Crippen molar-refractivity contribution in [3.63, 3.8) is 0 Å². The SMILES string of the molecule is CCCCc1cc2ccccc2c(-c2c[nH]c3ccccc23)[n+]1N.O=S(=O)([O-])C(F)(F)F. The number of aromatic amines is 1. The van der Waals surface area contributed by atoms with Crippen LogP contribution in [0.25, 0.3) is 32.9 Å². The standard InChI is InChI=1S/C21H21N3.CHF3O3S/c1-2-3-9-16-13-15-8-4-5-10-17(15)21(24(16)22)19-14-23-20-12-7-6-11-18(19)20;2-1(3,4)8(5,6)7/h4-8,10-14H,2-3,9,22H2,1H3;(H,5,6,7). The lowest BCUT2D eigenvalue weighted by molar-refractivity contribution is -0.634. The van der Waals surface area contributed by atoms with Gasteiger partial charge in [-0.05, 0) is 23.9 Å². The number of nitrogens with zero attached hydrogens (tertiary/aromatic N) is 1. The van der Waals surface area contributed by atoms with Crippen LogP contribution in [0.2, 0.25) is 0 Å². The molecule has 2 aromatic carbocycles. The minimum Gasteiger partial charge on any atom is -0.741 e. The molecule has 0 amide bonds. The lowest BCUT2D eigenvalue weighted by Crippen LogP contribution is -2.50. The van der Waals surface area contributed by atoms with Gasteiger partial charge in [-0.1, -0.05) is 54.4 Å². The largest absolute Gasteiger partial charge is 0.741 e. The van der Waals surface area contributed by atoms with Crippen LogP contribution in [0.1, 0.15) is 25.5 Å². The monoisotopic (exact) mass is 465 g/mol. The van der Waals surface area contributed by atoms with E-state index >= 15 is 0 Å². The molecule has 32 heavy (non-hydrogen) atoms. The van der Waals surface area contributed by atoms with Crippen molar-refractivity contribution in [2.24, 2.45) is 0 Å². The normalized spacial score (nSPS) is 12.0. The number of aromatic nitrogens is 2. The van der Waals surface area contributed by atoms with E-state index in [0.29, 0.717) is 0 Å². The van der Waals surface area contributed by atoms with Gasteiger partial charge < -0.3 is 9.54 Å². The van der Waals surface area contributed by atoms with Crippen molar-refractivity contribution in [2.45, 2.75) is 31.7 Å². The number of nitrogen functional groups attached to an aromatic ring is 1. The van der Waals surface area contributed by atoms with Gasteiger partial charge in [-0.25, -0.2) is 14.3 Å². The van der Waals surface area contributed by atoms with E-state index in [0.717, 1.165) is 36.0 Å². The number of fused-ring (bicyclic) bond motifs is 2. The number of aryl methyl sites for hydroxylation is 1. The Morgan fingerprint density at radius 2 is 1.66 bits per heavy atom. The van der Waals surface area contributed by atoms with Gasteiger partial charge in [-0.3, -0.25) is 0 Å². The van der Waals surface area contributed by atoms with E-state index in [1.54, 1.807) is 0 Å². The first-order valence-electron chi connectivity index (χ1n) is 9.85. The Labute approximate surface area is 183 Å². The molecule has 0 radical (unpaired) electrons. The van der Waals surface area contributed by atoms with Gasteiger partial charge in [0.25, 0.3) is 5.69 Å². The van der Waals surface area contributed by atoms with Crippen LogP contribution in [-0.2, 0) is 16.5 Å². The third-order valence-corrected chi connectivity index (χ3v) is 5.57. The van der Waals surface area contributed by atoms with Gasteiger partial charge >= 0.3 is 5.51 Å². The number of rotatable bonds is 4. The zero-order valence-electron chi connectivity index (χ0n) is 17.2. The zero-order chi connectivity index (χ0) is 23.5. The smallest absolute Gasteiger partial charge is 0.485 e. The summed E-state index contributed by atoms with van der Waals surface area (Å²) >= 11 is 0. The van der Waals surface area contributed by atoms with Crippen LogP contribution in [0.5, 0.6) is 0 Å². The van der Waals surface area contributed by atoms with Crippen molar-refractivity contribution in [1.29, 1.82) is 0 Å². The summed E-state index contributed by atoms with van der Waals surface area (Å²) in [4.78, 5) is 3.37. The second-order valence-corrected chi connectivity index (χ2v) is 8.56. The fourth-order valence-corrected chi connectivity index (χ4v) is 3.45. The number of hydrogen-bond donors (Lipinski definition) is 2. The molecule has 2 heterocycles. The minimum atomic E-state index is -6.09. The van der Waals surface area contributed by atoms with Crippen LogP contribution >= 0.6 is 0 Å². The van der Waals surface area contributed by atoms with E-state index in [4.69, 9.17) is 18.8 Å². The van der Waals surface area contributed by atoms with Gasteiger partial charge in [0, 0.05) is 29.6 Å². The van der Waals surface area contributed by atoms with Crippen LogP contribution in [0.4, 0.5) is 13.2 Å². The number of nitrogens with two attached hydrogens (primary N) is 1. The number of alkyl halides is 3. The first-order valence-corrected chi connectivity index (χ1v) is 11.3. The summed E-state index contributed by atoms with van der Waals surface area (Å²) in [7, 11) is -6.09. The van der Waals surface area contributed by atoms with Crippen molar-refractivity contribution in [1.82, 2.24) is 4.98 Å². The lowest BCUT2D eigenvalue weighted by Gasteiger charge is -2.08. The van der Waals surface area contributed by atoms with Gasteiger partial charge in [0.05, 0.1) is 10.9 Å². The number of nitrogens with one attached hydrogen (secondary N) is 1. The third-order valence-electron chi connectivity index (χ3n) is 5.00. The number of pyridine rings is 1. The highest BCUT2D eigenvalue weighted by molar-refractivity contribution is 7.86. The average molecular weight is 465 g/mol. The van der Waals surface area contributed by atoms with Gasteiger partial charge in [0.1, 0.15) is 0 Å². The highest BCUT2D eigenvalue weighted by Gasteiger charge is 2.36. The Balaban J connectivity index is 0.000000312. The van der Waals surface area contributed by atoms with E-state index in [2.05, 4.69) is 72.7 Å². The second kappa shape index (κ2) is 9.17. The van der Waals surface area contributed by atoms with Gasteiger partial charge in [-0.15, -0.1) is 0 Å². The van der Waals surface area contributed by atoms with Crippen molar-refractivity contribution in [2.75, 3.05) is 5.84 Å². The molecule has 2 aromatic heterocycles. The Morgan fingerprint density at radius 1 is 1.06 bits per heavy atom. The van der Waals surface area contributed by atoms with Crippen molar-refractivity contribution in [3.8, 4) is 11.3 Å². The molecule has 4 rings (SSSR count). The highest BCUT2D eigenvalue weighted by Crippen LogP contribution is 2.31. The van der Waals surface area contributed by atoms with E-state index in [-0.39, 0.29) is 0 Å². The van der Waals surface area contributed by atoms with Crippen LogP contribution in [0.3, 0.4) is 0 Å². The molecular formula is C22H22F3N3O3S. The summed E-state index contributed by atoms with van der Waals surface area (Å²) < 4.78 is 60.8. The summed E-state index contributed by atoms with van der Waals surface area (Å²) in [5, 5.41) is 3.63. The topological polar surface area (TPSA) is 103 Å². The molecule has 0 spiro atoms. The summed E-state index contributed by atoms with van der Waals surface area (Å²) in [5.74, 6) is 6.58.